The summed E-state index contributed by atoms with van der Waals surface area (Å²) in [6, 6.07) is 0. The highest BCUT2D eigenvalue weighted by atomic mass is 16.2. The second-order valence-corrected chi connectivity index (χ2v) is 4.46. The van der Waals surface area contributed by atoms with E-state index in [1.807, 2.05) is 6.92 Å². The fraction of sp³-hybridized carbons (Fsp3) is 0.833. The zero-order valence-corrected chi connectivity index (χ0v) is 11.3. The molecule has 0 aliphatic heterocycles. The molecule has 0 fully saturated rings. The molecule has 17 heavy (non-hydrogen) atoms. The van der Waals surface area contributed by atoms with Crippen LogP contribution in [-0.2, 0) is 9.59 Å². The van der Waals surface area contributed by atoms with Gasteiger partial charge in [0.15, 0.2) is 0 Å². The van der Waals surface area contributed by atoms with Crippen molar-refractivity contribution in [2.24, 2.45) is 17.6 Å². The molecule has 0 radical (unpaired) electrons. The third kappa shape index (κ3) is 5.17. The number of nitrogens with zero attached hydrogens (tertiary/aromatic N) is 1. The maximum Gasteiger partial charge on any atom is 0.226 e. The molecule has 0 saturated carbocycles. The van der Waals surface area contributed by atoms with Gasteiger partial charge in [0.2, 0.25) is 11.8 Å². The first-order valence-corrected chi connectivity index (χ1v) is 6.14. The van der Waals surface area contributed by atoms with Crippen molar-refractivity contribution in [1.82, 2.24) is 10.2 Å². The molecule has 0 aliphatic carbocycles. The summed E-state index contributed by atoms with van der Waals surface area (Å²) in [5.41, 5.74) is 5.59. The van der Waals surface area contributed by atoms with Crippen molar-refractivity contribution in [3.05, 3.63) is 0 Å². The molecule has 2 amide bonds. The minimum Gasteiger partial charge on any atom is -0.359 e. The molecule has 2 atom stereocenters. The number of hydrogen-bond acceptors (Lipinski definition) is 3. The molecule has 0 heterocycles. The van der Waals surface area contributed by atoms with E-state index in [1.165, 1.54) is 0 Å². The van der Waals surface area contributed by atoms with Crippen molar-refractivity contribution in [3.63, 3.8) is 0 Å². The Kier molecular flexibility index (Phi) is 7.54. The van der Waals surface area contributed by atoms with Crippen molar-refractivity contribution in [2.45, 2.75) is 26.7 Å². The van der Waals surface area contributed by atoms with E-state index in [0.717, 1.165) is 12.8 Å². The van der Waals surface area contributed by atoms with Crippen LogP contribution in [0.5, 0.6) is 0 Å². The van der Waals surface area contributed by atoms with Gasteiger partial charge >= 0.3 is 0 Å². The minimum atomic E-state index is -0.200. The van der Waals surface area contributed by atoms with Gasteiger partial charge in [0, 0.05) is 27.2 Å². The van der Waals surface area contributed by atoms with Gasteiger partial charge in [0.25, 0.3) is 0 Å². The normalized spacial score (nSPS) is 13.9. The lowest BCUT2D eigenvalue weighted by molar-refractivity contribution is -0.135. The van der Waals surface area contributed by atoms with Crippen LogP contribution in [0.1, 0.15) is 26.7 Å². The summed E-state index contributed by atoms with van der Waals surface area (Å²) in [7, 11) is 3.32. The van der Waals surface area contributed by atoms with Crippen LogP contribution in [0.3, 0.4) is 0 Å². The summed E-state index contributed by atoms with van der Waals surface area (Å²) >= 11 is 0. The van der Waals surface area contributed by atoms with Crippen LogP contribution in [0.2, 0.25) is 0 Å². The molecule has 0 aliphatic rings. The first-order chi connectivity index (χ1) is 7.97. The third-order valence-corrected chi connectivity index (χ3v) is 2.89. The average Bonchev–Trinajstić information content (AvgIpc) is 2.33. The van der Waals surface area contributed by atoms with Crippen LogP contribution in [0.4, 0.5) is 0 Å². The molecular formula is C12H25N3O2. The number of carbonyl (C=O) groups excluding carboxylic acids is 2. The highest BCUT2D eigenvalue weighted by Gasteiger charge is 2.22. The lowest BCUT2D eigenvalue weighted by Crippen LogP contribution is -2.41. The maximum absolute atomic E-state index is 12.0. The highest BCUT2D eigenvalue weighted by Crippen LogP contribution is 2.09. The molecule has 5 nitrogen and oxygen atoms in total. The summed E-state index contributed by atoms with van der Waals surface area (Å²) < 4.78 is 0. The fourth-order valence-corrected chi connectivity index (χ4v) is 1.83. The van der Waals surface area contributed by atoms with Crippen LogP contribution in [0, 0.1) is 11.8 Å². The van der Waals surface area contributed by atoms with Gasteiger partial charge in [-0.1, -0.05) is 20.3 Å². The Hall–Kier alpha value is -1.10. The second kappa shape index (κ2) is 8.06. The summed E-state index contributed by atoms with van der Waals surface area (Å²) in [6.07, 6.45) is 1.74. The number of amides is 2. The number of rotatable bonds is 7. The lowest BCUT2D eigenvalue weighted by atomic mass is 10.0. The zero-order valence-electron chi connectivity index (χ0n) is 11.3. The largest absolute Gasteiger partial charge is 0.359 e. The Bertz CT molecular complexity index is 256. The SMILES string of the molecule is CCCC(CN)C(=O)N(C)CC(C)C(=O)NC. The Morgan fingerprint density at radius 1 is 1.41 bits per heavy atom. The molecule has 0 bridgehead atoms. The van der Waals surface area contributed by atoms with E-state index in [9.17, 15) is 9.59 Å². The predicted molar refractivity (Wildman–Crippen MR) is 68.3 cm³/mol. The molecule has 0 aromatic heterocycles. The molecule has 0 spiro atoms. The van der Waals surface area contributed by atoms with E-state index in [4.69, 9.17) is 5.73 Å². The molecule has 0 aromatic rings. The monoisotopic (exact) mass is 243 g/mol. The van der Waals surface area contributed by atoms with Gasteiger partial charge in [-0.3, -0.25) is 9.59 Å². The highest BCUT2D eigenvalue weighted by molar-refractivity contribution is 5.81. The molecule has 0 aromatic carbocycles. The Balaban J connectivity index is 4.33. The smallest absolute Gasteiger partial charge is 0.226 e. The van der Waals surface area contributed by atoms with Crippen molar-refractivity contribution >= 4 is 11.8 Å². The van der Waals surface area contributed by atoms with Gasteiger partial charge in [0.05, 0.1) is 11.8 Å². The van der Waals surface area contributed by atoms with E-state index in [-0.39, 0.29) is 23.7 Å². The van der Waals surface area contributed by atoms with Crippen LogP contribution >= 0.6 is 0 Å². The van der Waals surface area contributed by atoms with Crippen molar-refractivity contribution < 1.29 is 9.59 Å². The lowest BCUT2D eigenvalue weighted by Gasteiger charge is -2.25. The van der Waals surface area contributed by atoms with E-state index in [0.29, 0.717) is 13.1 Å². The maximum atomic E-state index is 12.0. The zero-order chi connectivity index (χ0) is 13.4. The Morgan fingerprint density at radius 2 is 2.00 bits per heavy atom. The van der Waals surface area contributed by atoms with E-state index in [1.54, 1.807) is 25.9 Å². The third-order valence-electron chi connectivity index (χ3n) is 2.89. The van der Waals surface area contributed by atoms with E-state index >= 15 is 0 Å². The molecule has 2 unspecified atom stereocenters. The predicted octanol–water partition coefficient (Wildman–Crippen LogP) is 0.202. The number of nitrogens with one attached hydrogen (secondary N) is 1. The van der Waals surface area contributed by atoms with Gasteiger partial charge in [-0.25, -0.2) is 0 Å². The van der Waals surface area contributed by atoms with Crippen molar-refractivity contribution in [2.75, 3.05) is 27.2 Å². The van der Waals surface area contributed by atoms with E-state index in [2.05, 4.69) is 5.32 Å². The van der Waals surface area contributed by atoms with Gasteiger partial charge in [-0.05, 0) is 6.42 Å². The molecule has 0 rings (SSSR count). The number of hydrogen-bond donors (Lipinski definition) is 2. The summed E-state index contributed by atoms with van der Waals surface area (Å²) in [4.78, 5) is 25.0. The summed E-state index contributed by atoms with van der Waals surface area (Å²) in [5.74, 6) is -0.342. The summed E-state index contributed by atoms with van der Waals surface area (Å²) in [5, 5.41) is 2.58. The molecule has 5 heteroatoms. The molecule has 100 valence electrons. The standard InChI is InChI=1S/C12H25N3O2/c1-5-6-10(7-13)12(17)15(4)8-9(2)11(16)14-3/h9-10H,5-8,13H2,1-4H3,(H,14,16). The van der Waals surface area contributed by atoms with E-state index < -0.39 is 0 Å². The Morgan fingerprint density at radius 3 is 2.41 bits per heavy atom. The topological polar surface area (TPSA) is 75.4 Å². The molecule has 0 saturated heterocycles. The van der Waals surface area contributed by atoms with Crippen molar-refractivity contribution in [3.8, 4) is 0 Å². The Labute approximate surface area is 104 Å². The van der Waals surface area contributed by atoms with Gasteiger partial charge in [0.1, 0.15) is 0 Å². The van der Waals surface area contributed by atoms with Gasteiger partial charge in [-0.15, -0.1) is 0 Å². The first kappa shape index (κ1) is 15.9. The van der Waals surface area contributed by atoms with Crippen LogP contribution in [0.25, 0.3) is 0 Å². The quantitative estimate of drug-likeness (QED) is 0.671. The number of nitrogens with two attached hydrogens (primary N) is 1. The van der Waals surface area contributed by atoms with Crippen LogP contribution in [-0.4, -0.2) is 43.9 Å². The van der Waals surface area contributed by atoms with Gasteiger partial charge in [-0.2, -0.15) is 0 Å². The van der Waals surface area contributed by atoms with Crippen molar-refractivity contribution in [1.29, 1.82) is 0 Å². The minimum absolute atomic E-state index is 0.0325. The van der Waals surface area contributed by atoms with Crippen LogP contribution in [0.15, 0.2) is 0 Å². The second-order valence-electron chi connectivity index (χ2n) is 4.46. The fourth-order valence-electron chi connectivity index (χ4n) is 1.83. The molecular weight excluding hydrogens is 218 g/mol. The molecule has 3 N–H and O–H groups in total. The number of carbonyl (C=O) groups is 2. The van der Waals surface area contributed by atoms with Crippen LogP contribution < -0.4 is 11.1 Å². The first-order valence-electron chi connectivity index (χ1n) is 6.14. The summed E-state index contributed by atoms with van der Waals surface area (Å²) in [6.45, 7) is 4.63. The average molecular weight is 243 g/mol. The van der Waals surface area contributed by atoms with Gasteiger partial charge < -0.3 is 16.0 Å².